The van der Waals surface area contributed by atoms with Gasteiger partial charge in [-0.15, -0.1) is 24.0 Å². The molecule has 2 N–H and O–H groups in total. The number of amides is 2. The Bertz CT molecular complexity index is 728. The second kappa shape index (κ2) is 12.8. The minimum atomic E-state index is 0. The summed E-state index contributed by atoms with van der Waals surface area (Å²) in [6, 6.07) is 8.06. The number of nitrogens with zero attached hydrogens (tertiary/aromatic N) is 3. The number of aliphatic imine (C=N–C) groups is 1. The van der Waals surface area contributed by atoms with E-state index in [1.54, 1.807) is 26.0 Å². The molecule has 0 spiro atoms. The molecule has 1 heterocycles. The zero-order valence-electron chi connectivity index (χ0n) is 18.8. The molecule has 1 aliphatic heterocycles. The highest BCUT2D eigenvalue weighted by molar-refractivity contribution is 14.0. The number of guanidine groups is 1. The van der Waals surface area contributed by atoms with E-state index in [2.05, 4.69) is 15.6 Å². The number of piperidine rings is 1. The van der Waals surface area contributed by atoms with Crippen LogP contribution >= 0.6 is 24.0 Å². The molecule has 1 saturated heterocycles. The Kier molecular flexibility index (Phi) is 11.1. The molecule has 1 aliphatic rings. The van der Waals surface area contributed by atoms with Crippen molar-refractivity contribution >= 4 is 41.8 Å². The molecule has 0 bridgehead atoms. The van der Waals surface area contributed by atoms with Gasteiger partial charge >= 0.3 is 0 Å². The highest BCUT2D eigenvalue weighted by Crippen LogP contribution is 2.13. The topological polar surface area (TPSA) is 77.0 Å². The van der Waals surface area contributed by atoms with Gasteiger partial charge in [-0.3, -0.25) is 14.6 Å². The Morgan fingerprint density at radius 1 is 1.23 bits per heavy atom. The highest BCUT2D eigenvalue weighted by Gasteiger charge is 2.24. The lowest BCUT2D eigenvalue weighted by molar-refractivity contribution is -0.135. The first kappa shape index (κ1) is 26.2. The van der Waals surface area contributed by atoms with Crippen LogP contribution in [0.3, 0.4) is 0 Å². The van der Waals surface area contributed by atoms with E-state index in [1.165, 1.54) is 0 Å². The lowest BCUT2D eigenvalue weighted by Gasteiger charge is -2.34. The third kappa shape index (κ3) is 7.77. The normalized spacial score (nSPS) is 14.9. The van der Waals surface area contributed by atoms with Gasteiger partial charge in [0.25, 0.3) is 5.91 Å². The van der Waals surface area contributed by atoms with Crippen molar-refractivity contribution < 1.29 is 9.59 Å². The summed E-state index contributed by atoms with van der Waals surface area (Å²) < 4.78 is 0. The molecule has 0 saturated carbocycles. The van der Waals surface area contributed by atoms with Gasteiger partial charge in [0.15, 0.2) is 5.96 Å². The SMILES string of the molecule is CN=C(NCCc1cccc(C(=O)N(C)C)c1)NC1CCN(C(=O)C(C)C)CC1.I. The first-order valence-electron chi connectivity index (χ1n) is 10.4. The van der Waals surface area contributed by atoms with Crippen molar-refractivity contribution in [1.29, 1.82) is 0 Å². The molecule has 2 rings (SSSR count). The fourth-order valence-corrected chi connectivity index (χ4v) is 3.44. The van der Waals surface area contributed by atoms with Crippen LogP contribution < -0.4 is 10.6 Å². The fraction of sp³-hybridized carbons (Fsp3) is 0.591. The van der Waals surface area contributed by atoms with Crippen molar-refractivity contribution in [3.05, 3.63) is 35.4 Å². The van der Waals surface area contributed by atoms with Crippen molar-refractivity contribution in [2.45, 2.75) is 39.2 Å². The number of hydrogen-bond donors (Lipinski definition) is 2. The molecule has 7 nitrogen and oxygen atoms in total. The van der Waals surface area contributed by atoms with E-state index in [-0.39, 0.29) is 41.7 Å². The molecule has 0 atom stereocenters. The molecule has 30 heavy (non-hydrogen) atoms. The molecule has 0 unspecified atom stereocenters. The third-order valence-electron chi connectivity index (χ3n) is 5.15. The minimum absolute atomic E-state index is 0. The summed E-state index contributed by atoms with van der Waals surface area (Å²) in [5, 5.41) is 6.82. The molecular formula is C22H36IN5O2. The van der Waals surface area contributed by atoms with Crippen molar-refractivity contribution in [2.75, 3.05) is 40.8 Å². The van der Waals surface area contributed by atoms with Crippen LogP contribution in [0.25, 0.3) is 0 Å². The molecule has 0 aromatic heterocycles. The van der Waals surface area contributed by atoms with Gasteiger partial charge in [-0.05, 0) is 37.0 Å². The second-order valence-corrected chi connectivity index (χ2v) is 8.05. The second-order valence-electron chi connectivity index (χ2n) is 8.05. The zero-order chi connectivity index (χ0) is 21.4. The average Bonchev–Trinajstić information content (AvgIpc) is 2.72. The molecule has 0 aliphatic carbocycles. The Labute approximate surface area is 197 Å². The number of nitrogens with one attached hydrogen (secondary N) is 2. The number of benzene rings is 1. The van der Waals surface area contributed by atoms with Gasteiger partial charge in [-0.1, -0.05) is 26.0 Å². The van der Waals surface area contributed by atoms with E-state index in [0.717, 1.165) is 50.4 Å². The van der Waals surface area contributed by atoms with E-state index < -0.39 is 0 Å². The van der Waals surface area contributed by atoms with Crippen LogP contribution in [0.5, 0.6) is 0 Å². The average molecular weight is 529 g/mol. The molecule has 1 aromatic carbocycles. The number of carbonyl (C=O) groups is 2. The van der Waals surface area contributed by atoms with Gasteiger partial charge in [0.1, 0.15) is 0 Å². The number of carbonyl (C=O) groups excluding carboxylic acids is 2. The summed E-state index contributed by atoms with van der Waals surface area (Å²) in [6.07, 6.45) is 2.65. The maximum atomic E-state index is 12.1. The van der Waals surface area contributed by atoms with Gasteiger partial charge in [0.2, 0.25) is 5.91 Å². The quantitative estimate of drug-likeness (QED) is 0.337. The summed E-state index contributed by atoms with van der Waals surface area (Å²) in [5.74, 6) is 1.08. The standard InChI is InChI=1S/C22H35N5O2.HI/c1-16(2)20(28)27-13-10-19(11-14-27)25-22(23-3)24-12-9-17-7-6-8-18(15-17)21(29)26(4)5;/h6-8,15-16,19H,9-14H2,1-5H3,(H2,23,24,25);1H. The van der Waals surface area contributed by atoms with E-state index >= 15 is 0 Å². The largest absolute Gasteiger partial charge is 0.356 e. The number of rotatable bonds is 6. The van der Waals surface area contributed by atoms with Gasteiger partial charge in [-0.25, -0.2) is 0 Å². The van der Waals surface area contributed by atoms with Crippen LogP contribution in [0.4, 0.5) is 0 Å². The van der Waals surface area contributed by atoms with E-state index in [1.807, 2.05) is 43.0 Å². The molecule has 1 aromatic rings. The maximum absolute atomic E-state index is 12.1. The molecule has 8 heteroatoms. The van der Waals surface area contributed by atoms with Crippen LogP contribution in [0.1, 0.15) is 42.6 Å². The maximum Gasteiger partial charge on any atom is 0.253 e. The van der Waals surface area contributed by atoms with Gasteiger partial charge < -0.3 is 20.4 Å². The van der Waals surface area contributed by atoms with Crippen LogP contribution in [-0.2, 0) is 11.2 Å². The van der Waals surface area contributed by atoms with Crippen molar-refractivity contribution in [2.24, 2.45) is 10.9 Å². The van der Waals surface area contributed by atoms with E-state index in [0.29, 0.717) is 11.6 Å². The zero-order valence-corrected chi connectivity index (χ0v) is 21.1. The van der Waals surface area contributed by atoms with E-state index in [9.17, 15) is 9.59 Å². The summed E-state index contributed by atoms with van der Waals surface area (Å²) in [6.45, 7) is 6.20. The summed E-state index contributed by atoms with van der Waals surface area (Å²) in [4.78, 5) is 32.1. The Hall–Kier alpha value is -1.84. The van der Waals surface area contributed by atoms with Gasteiger partial charge in [-0.2, -0.15) is 0 Å². The van der Waals surface area contributed by atoms with Crippen molar-refractivity contribution in [1.82, 2.24) is 20.4 Å². The summed E-state index contributed by atoms with van der Waals surface area (Å²) in [5.41, 5.74) is 1.82. The lowest BCUT2D eigenvalue weighted by atomic mass is 10.0. The number of halogens is 1. The fourth-order valence-electron chi connectivity index (χ4n) is 3.44. The van der Waals surface area contributed by atoms with Crippen LogP contribution in [0.15, 0.2) is 29.3 Å². The number of hydrogen-bond acceptors (Lipinski definition) is 3. The smallest absolute Gasteiger partial charge is 0.253 e. The lowest BCUT2D eigenvalue weighted by Crippen LogP contribution is -2.50. The Balaban J connectivity index is 0.00000450. The highest BCUT2D eigenvalue weighted by atomic mass is 127. The Morgan fingerprint density at radius 2 is 1.90 bits per heavy atom. The van der Waals surface area contributed by atoms with Crippen molar-refractivity contribution in [3.63, 3.8) is 0 Å². The summed E-state index contributed by atoms with van der Waals surface area (Å²) in [7, 11) is 5.29. The van der Waals surface area contributed by atoms with Crippen LogP contribution in [0.2, 0.25) is 0 Å². The molecule has 2 amide bonds. The molecule has 1 fully saturated rings. The van der Waals surface area contributed by atoms with Crippen LogP contribution in [0, 0.1) is 5.92 Å². The third-order valence-corrected chi connectivity index (χ3v) is 5.15. The Morgan fingerprint density at radius 3 is 2.47 bits per heavy atom. The van der Waals surface area contributed by atoms with Gasteiger partial charge in [0, 0.05) is 58.3 Å². The predicted molar refractivity (Wildman–Crippen MR) is 133 cm³/mol. The molecule has 0 radical (unpaired) electrons. The summed E-state index contributed by atoms with van der Waals surface area (Å²) >= 11 is 0. The van der Waals surface area contributed by atoms with Gasteiger partial charge in [0.05, 0.1) is 0 Å². The monoisotopic (exact) mass is 529 g/mol. The van der Waals surface area contributed by atoms with Crippen LogP contribution in [-0.4, -0.2) is 74.4 Å². The number of likely N-dealkylation sites (tertiary alicyclic amines) is 1. The van der Waals surface area contributed by atoms with E-state index in [4.69, 9.17) is 0 Å². The van der Waals surface area contributed by atoms with Crippen molar-refractivity contribution in [3.8, 4) is 0 Å². The predicted octanol–water partition coefficient (Wildman–Crippen LogP) is 2.36. The molecular weight excluding hydrogens is 493 g/mol. The first-order valence-corrected chi connectivity index (χ1v) is 10.4. The first-order chi connectivity index (χ1) is 13.8. The molecule has 168 valence electrons. The minimum Gasteiger partial charge on any atom is -0.356 e.